The third-order valence-corrected chi connectivity index (χ3v) is 4.26. The zero-order valence-electron chi connectivity index (χ0n) is 12.1. The molecule has 1 aromatic carbocycles. The molecule has 0 saturated heterocycles. The van der Waals surface area contributed by atoms with E-state index in [9.17, 15) is 0 Å². The summed E-state index contributed by atoms with van der Waals surface area (Å²) in [4.78, 5) is 0. The van der Waals surface area contributed by atoms with E-state index in [1.54, 1.807) is 11.3 Å². The molecule has 1 heterocycles. The number of aryl methyl sites for hydroxylation is 2. The summed E-state index contributed by atoms with van der Waals surface area (Å²) in [5, 5.41) is 8.04. The monoisotopic (exact) mass is 273 g/mol. The van der Waals surface area contributed by atoms with Crippen LogP contribution in [0.3, 0.4) is 0 Å². The van der Waals surface area contributed by atoms with E-state index in [1.165, 1.54) is 22.3 Å². The maximum atomic E-state index is 3.62. The predicted molar refractivity (Wildman–Crippen MR) is 85.1 cm³/mol. The van der Waals surface area contributed by atoms with Crippen LogP contribution < -0.4 is 5.32 Å². The maximum Gasteiger partial charge on any atom is 0.0148 e. The number of hydrogen-bond donors (Lipinski definition) is 1. The summed E-state index contributed by atoms with van der Waals surface area (Å²) in [6.07, 6.45) is 2.22. The molecule has 1 nitrogen and oxygen atoms in total. The molecule has 0 aliphatic rings. The van der Waals surface area contributed by atoms with Crippen molar-refractivity contribution in [2.45, 2.75) is 39.7 Å². The number of likely N-dealkylation sites (N-methyl/N-ethyl adjacent to an activating group) is 1. The molecule has 2 aromatic rings. The first-order valence-electron chi connectivity index (χ1n) is 6.99. The second-order valence-corrected chi connectivity index (χ2v) is 6.00. The summed E-state index contributed by atoms with van der Waals surface area (Å²) in [7, 11) is 0. The van der Waals surface area contributed by atoms with Gasteiger partial charge in [-0.2, -0.15) is 11.3 Å². The van der Waals surface area contributed by atoms with Gasteiger partial charge in [0.25, 0.3) is 0 Å². The Hall–Kier alpha value is -1.12. The molecule has 0 spiro atoms. The number of hydrogen-bond acceptors (Lipinski definition) is 2. The minimum absolute atomic E-state index is 0.528. The molecule has 2 rings (SSSR count). The number of thiophene rings is 1. The lowest BCUT2D eigenvalue weighted by atomic mass is 9.96. The fourth-order valence-electron chi connectivity index (χ4n) is 2.48. The normalized spacial score (nSPS) is 12.6. The first kappa shape index (κ1) is 14.3. The Labute approximate surface area is 120 Å². The number of rotatable bonds is 6. The van der Waals surface area contributed by atoms with Crippen LogP contribution >= 0.6 is 11.3 Å². The summed E-state index contributed by atoms with van der Waals surface area (Å²) in [5.41, 5.74) is 5.67. The molecule has 0 radical (unpaired) electrons. The topological polar surface area (TPSA) is 12.0 Å². The second-order valence-electron chi connectivity index (χ2n) is 5.22. The van der Waals surface area contributed by atoms with E-state index in [1.807, 2.05) is 0 Å². The van der Waals surface area contributed by atoms with Crippen LogP contribution in [0.15, 0.2) is 35.0 Å². The first-order valence-corrected chi connectivity index (χ1v) is 7.94. The number of benzene rings is 1. The van der Waals surface area contributed by atoms with Gasteiger partial charge in [-0.25, -0.2) is 0 Å². The van der Waals surface area contributed by atoms with Crippen LogP contribution in [0.4, 0.5) is 0 Å². The number of nitrogens with one attached hydrogen (secondary N) is 1. The molecule has 102 valence electrons. The molecule has 0 aliphatic carbocycles. The highest BCUT2D eigenvalue weighted by molar-refractivity contribution is 7.07. The van der Waals surface area contributed by atoms with Crippen molar-refractivity contribution in [3.8, 4) is 0 Å². The van der Waals surface area contributed by atoms with Gasteiger partial charge in [0, 0.05) is 6.04 Å². The van der Waals surface area contributed by atoms with Gasteiger partial charge in [0.05, 0.1) is 0 Å². The standard InChI is InChI=1S/C17H23NS/c1-4-18-17(10-15-7-8-19-12-15)11-16-9-13(2)5-6-14(16)3/h5-9,12,17-18H,4,10-11H2,1-3H3. The van der Waals surface area contributed by atoms with E-state index in [0.717, 1.165) is 19.4 Å². The fourth-order valence-corrected chi connectivity index (χ4v) is 3.17. The average molecular weight is 273 g/mol. The first-order chi connectivity index (χ1) is 9.19. The van der Waals surface area contributed by atoms with Gasteiger partial charge in [-0.05, 0) is 66.8 Å². The Morgan fingerprint density at radius 3 is 2.68 bits per heavy atom. The summed E-state index contributed by atoms with van der Waals surface area (Å²) in [5.74, 6) is 0. The lowest BCUT2D eigenvalue weighted by molar-refractivity contribution is 0.521. The van der Waals surface area contributed by atoms with Gasteiger partial charge >= 0.3 is 0 Å². The Kier molecular flexibility index (Phi) is 5.17. The minimum Gasteiger partial charge on any atom is -0.314 e. The van der Waals surface area contributed by atoms with E-state index in [-0.39, 0.29) is 0 Å². The molecule has 1 N–H and O–H groups in total. The van der Waals surface area contributed by atoms with Crippen LogP contribution in [0.2, 0.25) is 0 Å². The Morgan fingerprint density at radius 1 is 1.16 bits per heavy atom. The Morgan fingerprint density at radius 2 is 2.00 bits per heavy atom. The van der Waals surface area contributed by atoms with Gasteiger partial charge in [0.2, 0.25) is 0 Å². The van der Waals surface area contributed by atoms with Crippen molar-refractivity contribution in [2.24, 2.45) is 0 Å². The summed E-state index contributed by atoms with van der Waals surface area (Å²) in [6.45, 7) is 7.59. The van der Waals surface area contributed by atoms with Crippen molar-refractivity contribution < 1.29 is 0 Å². The van der Waals surface area contributed by atoms with E-state index < -0.39 is 0 Å². The molecule has 2 heteroatoms. The SMILES string of the molecule is CCNC(Cc1ccsc1)Cc1cc(C)ccc1C. The molecule has 0 bridgehead atoms. The van der Waals surface area contributed by atoms with Crippen LogP contribution in [0, 0.1) is 13.8 Å². The Balaban J connectivity index is 2.09. The second kappa shape index (κ2) is 6.88. The molecule has 0 aliphatic heterocycles. The lowest BCUT2D eigenvalue weighted by Gasteiger charge is -2.19. The highest BCUT2D eigenvalue weighted by Crippen LogP contribution is 2.16. The summed E-state index contributed by atoms with van der Waals surface area (Å²) < 4.78 is 0. The van der Waals surface area contributed by atoms with Crippen LogP contribution in [-0.4, -0.2) is 12.6 Å². The average Bonchev–Trinajstić information content (AvgIpc) is 2.87. The van der Waals surface area contributed by atoms with Crippen LogP contribution in [0.25, 0.3) is 0 Å². The molecule has 0 amide bonds. The maximum absolute atomic E-state index is 3.62. The molecular weight excluding hydrogens is 250 g/mol. The van der Waals surface area contributed by atoms with Crippen LogP contribution in [0.1, 0.15) is 29.2 Å². The predicted octanol–water partition coefficient (Wildman–Crippen LogP) is 4.13. The molecule has 1 atom stereocenters. The molecular formula is C17H23NS. The van der Waals surface area contributed by atoms with Crippen molar-refractivity contribution >= 4 is 11.3 Å². The minimum atomic E-state index is 0.528. The Bertz CT molecular complexity index is 502. The molecule has 19 heavy (non-hydrogen) atoms. The molecule has 1 unspecified atom stereocenters. The highest BCUT2D eigenvalue weighted by atomic mass is 32.1. The smallest absolute Gasteiger partial charge is 0.0148 e. The summed E-state index contributed by atoms with van der Waals surface area (Å²) in [6, 6.07) is 9.52. The van der Waals surface area contributed by atoms with Gasteiger partial charge in [-0.15, -0.1) is 0 Å². The third kappa shape index (κ3) is 4.19. The van der Waals surface area contributed by atoms with E-state index in [4.69, 9.17) is 0 Å². The van der Waals surface area contributed by atoms with Crippen molar-refractivity contribution in [3.63, 3.8) is 0 Å². The van der Waals surface area contributed by atoms with Crippen molar-refractivity contribution in [2.75, 3.05) is 6.54 Å². The van der Waals surface area contributed by atoms with Crippen molar-refractivity contribution in [3.05, 3.63) is 57.3 Å². The van der Waals surface area contributed by atoms with Crippen LogP contribution in [0.5, 0.6) is 0 Å². The third-order valence-electron chi connectivity index (χ3n) is 3.53. The van der Waals surface area contributed by atoms with Crippen molar-refractivity contribution in [1.82, 2.24) is 5.32 Å². The van der Waals surface area contributed by atoms with Gasteiger partial charge in [-0.1, -0.05) is 30.7 Å². The van der Waals surface area contributed by atoms with Gasteiger partial charge in [0.1, 0.15) is 0 Å². The summed E-state index contributed by atoms with van der Waals surface area (Å²) >= 11 is 1.78. The zero-order valence-corrected chi connectivity index (χ0v) is 12.9. The quantitative estimate of drug-likeness (QED) is 0.834. The van der Waals surface area contributed by atoms with E-state index in [0.29, 0.717) is 6.04 Å². The fraction of sp³-hybridized carbons (Fsp3) is 0.412. The van der Waals surface area contributed by atoms with Gasteiger partial charge in [0.15, 0.2) is 0 Å². The van der Waals surface area contributed by atoms with Gasteiger partial charge < -0.3 is 5.32 Å². The lowest BCUT2D eigenvalue weighted by Crippen LogP contribution is -2.33. The highest BCUT2D eigenvalue weighted by Gasteiger charge is 2.11. The van der Waals surface area contributed by atoms with E-state index in [2.05, 4.69) is 61.1 Å². The van der Waals surface area contributed by atoms with Crippen LogP contribution in [-0.2, 0) is 12.8 Å². The molecule has 0 fully saturated rings. The van der Waals surface area contributed by atoms with E-state index >= 15 is 0 Å². The van der Waals surface area contributed by atoms with Gasteiger partial charge in [-0.3, -0.25) is 0 Å². The van der Waals surface area contributed by atoms with Crippen molar-refractivity contribution in [1.29, 1.82) is 0 Å². The largest absolute Gasteiger partial charge is 0.314 e. The molecule has 1 aromatic heterocycles. The molecule has 0 saturated carbocycles. The zero-order chi connectivity index (χ0) is 13.7.